The quantitative estimate of drug-likeness (QED) is 0.361. The molecule has 3 nitrogen and oxygen atoms in total. The molecule has 0 spiro atoms. The predicted molar refractivity (Wildman–Crippen MR) is 44.5 cm³/mol. The van der Waals surface area contributed by atoms with Gasteiger partial charge in [0.2, 0.25) is 0 Å². The van der Waals surface area contributed by atoms with Crippen LogP contribution in [-0.4, -0.2) is 19.9 Å². The molecule has 0 aromatic heterocycles. The lowest BCUT2D eigenvalue weighted by Gasteiger charge is -2.10. The highest BCUT2D eigenvalue weighted by Crippen LogP contribution is 2.43. The van der Waals surface area contributed by atoms with Crippen molar-refractivity contribution < 1.29 is 13.6 Å². The van der Waals surface area contributed by atoms with Gasteiger partial charge in [-0.25, -0.2) is 0 Å². The number of rotatable bonds is 5. The van der Waals surface area contributed by atoms with Crippen molar-refractivity contribution in [2.75, 3.05) is 19.9 Å². The summed E-state index contributed by atoms with van der Waals surface area (Å²) in [5.74, 6) is 2.20. The largest absolute Gasteiger partial charge is 0.328 e. The first-order chi connectivity index (χ1) is 5.12. The van der Waals surface area contributed by atoms with Gasteiger partial charge in [-0.05, 0) is 0 Å². The Labute approximate surface area is 66.9 Å². The molecule has 0 saturated heterocycles. The highest BCUT2D eigenvalue weighted by atomic mass is 31.2. The van der Waals surface area contributed by atoms with Crippen LogP contribution in [0.2, 0.25) is 0 Å². The van der Waals surface area contributed by atoms with E-state index in [1.54, 1.807) is 0 Å². The summed E-state index contributed by atoms with van der Waals surface area (Å²) in [7, 11) is -2.94. The second kappa shape index (κ2) is 5.15. The van der Waals surface area contributed by atoms with E-state index in [0.717, 1.165) is 0 Å². The maximum Gasteiger partial charge on any atom is 0.328 e. The normalized spacial score (nSPS) is 14.9. The Bertz CT molecular complexity index is 204. The number of hydrogen-bond acceptors (Lipinski definition) is 3. The van der Waals surface area contributed by atoms with Crippen LogP contribution in [0.4, 0.5) is 0 Å². The second-order valence-electron chi connectivity index (χ2n) is 1.83. The molecule has 0 aromatic carbocycles. The first-order valence-electron chi connectivity index (χ1n) is 3.03. The fraction of sp³-hybridized carbons (Fsp3) is 0.429. The van der Waals surface area contributed by atoms with E-state index in [-0.39, 0.29) is 13.2 Å². The molecule has 0 rings (SSSR count). The molecule has 62 valence electrons. The van der Waals surface area contributed by atoms with Gasteiger partial charge in [0.1, 0.15) is 6.61 Å². The lowest BCUT2D eigenvalue weighted by atomic mass is 10.7. The summed E-state index contributed by atoms with van der Waals surface area (Å²) in [5, 5.41) is 0. The number of terminal acetylenes is 1. The molecule has 0 amide bonds. The topological polar surface area (TPSA) is 35.5 Å². The van der Waals surface area contributed by atoms with Gasteiger partial charge in [0, 0.05) is 6.66 Å². The molecule has 0 fully saturated rings. The van der Waals surface area contributed by atoms with Gasteiger partial charge in [-0.2, -0.15) is 0 Å². The van der Waals surface area contributed by atoms with Crippen LogP contribution < -0.4 is 0 Å². The van der Waals surface area contributed by atoms with Gasteiger partial charge in [0.25, 0.3) is 0 Å². The maximum atomic E-state index is 11.1. The second-order valence-corrected chi connectivity index (χ2v) is 3.89. The van der Waals surface area contributed by atoms with Crippen molar-refractivity contribution in [1.29, 1.82) is 0 Å². The molecule has 0 aromatic rings. The Morgan fingerprint density at radius 1 is 1.73 bits per heavy atom. The van der Waals surface area contributed by atoms with Gasteiger partial charge in [0.05, 0.1) is 6.61 Å². The minimum absolute atomic E-state index is 0.00488. The van der Waals surface area contributed by atoms with Crippen LogP contribution in [0.15, 0.2) is 12.7 Å². The Morgan fingerprint density at radius 3 is 2.82 bits per heavy atom. The monoisotopic (exact) mass is 174 g/mol. The van der Waals surface area contributed by atoms with E-state index >= 15 is 0 Å². The van der Waals surface area contributed by atoms with E-state index in [9.17, 15) is 4.57 Å². The van der Waals surface area contributed by atoms with Crippen LogP contribution in [0.25, 0.3) is 0 Å². The summed E-state index contributed by atoms with van der Waals surface area (Å²) in [6, 6.07) is 0. The minimum atomic E-state index is -2.94. The third-order valence-electron chi connectivity index (χ3n) is 0.809. The minimum Gasteiger partial charge on any atom is -0.305 e. The van der Waals surface area contributed by atoms with E-state index < -0.39 is 7.60 Å². The molecular weight excluding hydrogens is 163 g/mol. The lowest BCUT2D eigenvalue weighted by molar-refractivity contribution is 0.245. The smallest absolute Gasteiger partial charge is 0.305 e. The van der Waals surface area contributed by atoms with Gasteiger partial charge in [-0.3, -0.25) is 9.09 Å². The molecule has 1 unspecified atom stereocenters. The molecule has 0 N–H and O–H groups in total. The molecule has 0 saturated carbocycles. The predicted octanol–water partition coefficient (Wildman–Crippen LogP) is 1.66. The van der Waals surface area contributed by atoms with Crippen molar-refractivity contribution in [3.8, 4) is 12.3 Å². The van der Waals surface area contributed by atoms with E-state index in [0.29, 0.717) is 0 Å². The molecule has 0 bridgehead atoms. The third-order valence-corrected chi connectivity index (χ3v) is 2.03. The van der Waals surface area contributed by atoms with Gasteiger partial charge in [-0.15, -0.1) is 13.0 Å². The van der Waals surface area contributed by atoms with Crippen LogP contribution in [0.3, 0.4) is 0 Å². The van der Waals surface area contributed by atoms with Crippen molar-refractivity contribution in [2.45, 2.75) is 0 Å². The van der Waals surface area contributed by atoms with Crippen molar-refractivity contribution in [3.05, 3.63) is 12.7 Å². The van der Waals surface area contributed by atoms with Crippen LogP contribution in [0.5, 0.6) is 0 Å². The van der Waals surface area contributed by atoms with Crippen molar-refractivity contribution in [2.24, 2.45) is 0 Å². The van der Waals surface area contributed by atoms with E-state index in [1.165, 1.54) is 12.7 Å². The fourth-order valence-electron chi connectivity index (χ4n) is 0.380. The molecule has 0 aliphatic heterocycles. The molecule has 1 atom stereocenters. The summed E-state index contributed by atoms with van der Waals surface area (Å²) in [6.07, 6.45) is 6.39. The summed E-state index contributed by atoms with van der Waals surface area (Å²) in [4.78, 5) is 0. The summed E-state index contributed by atoms with van der Waals surface area (Å²) < 4.78 is 20.7. The summed E-state index contributed by atoms with van der Waals surface area (Å²) >= 11 is 0. The Kier molecular flexibility index (Phi) is 4.89. The molecule has 11 heavy (non-hydrogen) atoms. The van der Waals surface area contributed by atoms with Gasteiger partial charge in [-0.1, -0.05) is 12.0 Å². The Morgan fingerprint density at radius 2 is 2.36 bits per heavy atom. The molecule has 4 heteroatoms. The summed E-state index contributed by atoms with van der Waals surface area (Å²) in [5.41, 5.74) is 0. The summed E-state index contributed by atoms with van der Waals surface area (Å²) in [6.45, 7) is 4.98. The Balaban J connectivity index is 3.72. The number of hydrogen-bond donors (Lipinski definition) is 0. The zero-order valence-corrected chi connectivity index (χ0v) is 7.34. The van der Waals surface area contributed by atoms with Crippen molar-refractivity contribution in [1.82, 2.24) is 0 Å². The maximum absolute atomic E-state index is 11.1. The van der Waals surface area contributed by atoms with Gasteiger partial charge in [0.15, 0.2) is 0 Å². The fourth-order valence-corrected chi connectivity index (χ4v) is 1.14. The van der Waals surface area contributed by atoms with Crippen LogP contribution in [0, 0.1) is 12.3 Å². The molecular formula is C7H11O3P. The average molecular weight is 174 g/mol. The lowest BCUT2D eigenvalue weighted by Crippen LogP contribution is -1.94. The van der Waals surface area contributed by atoms with Crippen molar-refractivity contribution in [3.63, 3.8) is 0 Å². The van der Waals surface area contributed by atoms with Gasteiger partial charge >= 0.3 is 7.60 Å². The van der Waals surface area contributed by atoms with E-state index in [2.05, 4.69) is 12.5 Å². The molecule has 0 aliphatic rings. The molecule has 0 heterocycles. The van der Waals surface area contributed by atoms with Gasteiger partial charge < -0.3 is 4.52 Å². The highest BCUT2D eigenvalue weighted by molar-refractivity contribution is 7.52. The standard InChI is InChI=1S/C7H11O3P/c1-4-6-9-11(3,8)10-7-5-2/h1,5H,2,6-7H2,3H3. The first kappa shape index (κ1) is 10.4. The van der Waals surface area contributed by atoms with Crippen LogP contribution in [-0.2, 0) is 13.6 Å². The molecule has 0 aliphatic carbocycles. The Hall–Kier alpha value is -0.550. The van der Waals surface area contributed by atoms with E-state index in [1.807, 2.05) is 0 Å². The SMILES string of the molecule is C#CCOP(C)(=O)OCC=C. The third kappa shape index (κ3) is 5.87. The van der Waals surface area contributed by atoms with Crippen LogP contribution in [0.1, 0.15) is 0 Å². The van der Waals surface area contributed by atoms with E-state index in [4.69, 9.17) is 15.5 Å². The zero-order chi connectivity index (χ0) is 8.74. The van der Waals surface area contributed by atoms with Crippen molar-refractivity contribution >= 4 is 7.60 Å². The first-order valence-corrected chi connectivity index (χ1v) is 5.02. The average Bonchev–Trinajstić information content (AvgIpc) is 1.97. The molecule has 0 radical (unpaired) electrons. The zero-order valence-electron chi connectivity index (χ0n) is 6.45. The highest BCUT2D eigenvalue weighted by Gasteiger charge is 2.14. The van der Waals surface area contributed by atoms with Crippen LogP contribution >= 0.6 is 7.60 Å².